The molecule has 0 bridgehead atoms. The zero-order valence-corrected chi connectivity index (χ0v) is 19.3. The van der Waals surface area contributed by atoms with Gasteiger partial charge >= 0.3 is 0 Å². The number of hydrogen-bond acceptors (Lipinski definition) is 0. The molecule has 0 unspecified atom stereocenters. The Hall–Kier alpha value is -3.90. The van der Waals surface area contributed by atoms with Crippen molar-refractivity contribution in [2.45, 2.75) is 24.7 Å². The largest absolute Gasteiger partial charge is 0.0619 e. The Labute approximate surface area is 201 Å². The highest BCUT2D eigenvalue weighted by Crippen LogP contribution is 2.60. The summed E-state index contributed by atoms with van der Waals surface area (Å²) in [5.41, 5.74) is 14.1. The first-order chi connectivity index (χ1) is 16.8. The quantitative estimate of drug-likeness (QED) is 0.266. The third-order valence-electron chi connectivity index (χ3n) is 7.94. The molecule has 0 aromatic heterocycles. The molecule has 0 N–H and O–H groups in total. The maximum Gasteiger partial charge on any atom is 0.0179 e. The summed E-state index contributed by atoms with van der Waals surface area (Å²) in [6.45, 7) is 2.18. The van der Waals surface area contributed by atoms with Crippen molar-refractivity contribution in [3.05, 3.63) is 155 Å². The molecule has 162 valence electrons. The second-order valence-electron chi connectivity index (χ2n) is 9.74. The maximum absolute atomic E-state index is 2.37. The molecule has 0 nitrogen and oxygen atoms in total. The topological polar surface area (TPSA) is 0 Å². The van der Waals surface area contributed by atoms with Crippen LogP contribution in [0.2, 0.25) is 0 Å². The summed E-state index contributed by atoms with van der Waals surface area (Å²) < 4.78 is 0. The van der Waals surface area contributed by atoms with Gasteiger partial charge in [-0.3, -0.25) is 0 Å². The van der Waals surface area contributed by atoms with E-state index in [-0.39, 0.29) is 0 Å². The molecule has 2 aliphatic carbocycles. The van der Waals surface area contributed by atoms with Gasteiger partial charge in [-0.15, -0.1) is 0 Å². The molecule has 34 heavy (non-hydrogen) atoms. The first-order valence-electron chi connectivity index (χ1n) is 12.2. The van der Waals surface area contributed by atoms with Crippen molar-refractivity contribution in [1.82, 2.24) is 0 Å². The first kappa shape index (κ1) is 19.6. The van der Waals surface area contributed by atoms with Gasteiger partial charge < -0.3 is 0 Å². The molecular formula is C34H26. The Bertz CT molecular complexity index is 1340. The van der Waals surface area contributed by atoms with Gasteiger partial charge in [0, 0.05) is 17.8 Å². The van der Waals surface area contributed by atoms with Crippen LogP contribution in [0.3, 0.4) is 0 Å². The number of benzene rings is 5. The third kappa shape index (κ3) is 2.78. The normalized spacial score (nSPS) is 14.1. The second-order valence-corrected chi connectivity index (χ2v) is 9.74. The molecule has 0 spiro atoms. The Morgan fingerprint density at radius 1 is 0.412 bits per heavy atom. The molecule has 5 aromatic carbocycles. The Kier molecular flexibility index (Phi) is 4.35. The van der Waals surface area contributed by atoms with Crippen LogP contribution in [0.15, 0.2) is 121 Å². The third-order valence-corrected chi connectivity index (χ3v) is 7.94. The van der Waals surface area contributed by atoms with Gasteiger partial charge in [-0.2, -0.15) is 0 Å². The molecule has 2 aliphatic rings. The van der Waals surface area contributed by atoms with E-state index in [0.29, 0.717) is 17.8 Å². The fourth-order valence-corrected chi connectivity index (χ4v) is 6.53. The highest BCUT2D eigenvalue weighted by atomic mass is 14.5. The zero-order chi connectivity index (χ0) is 22.6. The van der Waals surface area contributed by atoms with Crippen molar-refractivity contribution in [3.8, 4) is 22.3 Å². The molecular weight excluding hydrogens is 408 g/mol. The van der Waals surface area contributed by atoms with Gasteiger partial charge in [0.1, 0.15) is 0 Å². The van der Waals surface area contributed by atoms with Gasteiger partial charge in [0.05, 0.1) is 0 Å². The summed E-state index contributed by atoms with van der Waals surface area (Å²) in [7, 11) is 0. The number of rotatable bonds is 3. The number of aryl methyl sites for hydroxylation is 1. The molecule has 0 aliphatic heterocycles. The highest BCUT2D eigenvalue weighted by molar-refractivity contribution is 5.82. The van der Waals surface area contributed by atoms with Crippen LogP contribution in [0.1, 0.15) is 51.1 Å². The maximum atomic E-state index is 2.37. The van der Waals surface area contributed by atoms with E-state index in [1.54, 1.807) is 0 Å². The Morgan fingerprint density at radius 3 is 1.09 bits per heavy atom. The lowest BCUT2D eigenvalue weighted by Crippen LogP contribution is -2.19. The van der Waals surface area contributed by atoms with Crippen molar-refractivity contribution in [2.75, 3.05) is 0 Å². The van der Waals surface area contributed by atoms with Gasteiger partial charge in [-0.05, 0) is 57.0 Å². The Morgan fingerprint density at radius 2 is 0.735 bits per heavy atom. The van der Waals surface area contributed by atoms with Crippen molar-refractivity contribution in [1.29, 1.82) is 0 Å². The second kappa shape index (κ2) is 7.57. The smallest absolute Gasteiger partial charge is 0.0179 e. The van der Waals surface area contributed by atoms with Crippen molar-refractivity contribution < 1.29 is 0 Å². The summed E-state index contributed by atoms with van der Waals surface area (Å²) in [5, 5.41) is 0. The van der Waals surface area contributed by atoms with Gasteiger partial charge in [-0.25, -0.2) is 0 Å². The van der Waals surface area contributed by atoms with Gasteiger partial charge in [0.15, 0.2) is 0 Å². The number of hydrogen-bond donors (Lipinski definition) is 0. The fraction of sp³-hybridized carbons (Fsp3) is 0.118. The molecule has 0 amide bonds. The van der Waals surface area contributed by atoms with Gasteiger partial charge in [0.2, 0.25) is 0 Å². The molecule has 7 rings (SSSR count). The minimum atomic E-state index is 0.301. The van der Waals surface area contributed by atoms with E-state index in [2.05, 4.69) is 128 Å². The van der Waals surface area contributed by atoms with Crippen molar-refractivity contribution >= 4 is 0 Å². The zero-order valence-electron chi connectivity index (χ0n) is 19.3. The van der Waals surface area contributed by atoms with Crippen LogP contribution in [-0.4, -0.2) is 0 Å². The van der Waals surface area contributed by atoms with Crippen molar-refractivity contribution in [3.63, 3.8) is 0 Å². The van der Waals surface area contributed by atoms with Crippen LogP contribution in [0.25, 0.3) is 22.3 Å². The standard InChI is InChI=1S/C34H26/c1-22-18-20-23(21-19-22)32(33-28-14-6-2-10-24(28)25-11-3-7-15-29(25)33)34-30-16-8-4-12-26(30)27-13-5-9-17-31(27)34/h2-21,32-34H,1H3. The summed E-state index contributed by atoms with van der Waals surface area (Å²) in [4.78, 5) is 0. The monoisotopic (exact) mass is 434 g/mol. The van der Waals surface area contributed by atoms with Crippen LogP contribution in [-0.2, 0) is 0 Å². The van der Waals surface area contributed by atoms with E-state index in [0.717, 1.165) is 0 Å². The number of fused-ring (bicyclic) bond motifs is 6. The van der Waals surface area contributed by atoms with E-state index < -0.39 is 0 Å². The van der Waals surface area contributed by atoms with Gasteiger partial charge in [0.25, 0.3) is 0 Å². The van der Waals surface area contributed by atoms with Crippen LogP contribution in [0.4, 0.5) is 0 Å². The van der Waals surface area contributed by atoms with Crippen LogP contribution < -0.4 is 0 Å². The van der Waals surface area contributed by atoms with Crippen LogP contribution in [0.5, 0.6) is 0 Å². The first-order valence-corrected chi connectivity index (χ1v) is 12.2. The van der Waals surface area contributed by atoms with E-state index >= 15 is 0 Å². The van der Waals surface area contributed by atoms with E-state index in [1.807, 2.05) is 0 Å². The lowest BCUT2D eigenvalue weighted by Gasteiger charge is -2.33. The predicted octanol–water partition coefficient (Wildman–Crippen LogP) is 8.70. The predicted molar refractivity (Wildman–Crippen MR) is 141 cm³/mol. The molecule has 0 radical (unpaired) electrons. The molecule has 0 saturated carbocycles. The minimum absolute atomic E-state index is 0.301. The van der Waals surface area contributed by atoms with Crippen LogP contribution >= 0.6 is 0 Å². The SMILES string of the molecule is Cc1ccc(C(C2c3ccccc3-c3ccccc32)C2c3ccccc3-c3ccccc32)cc1. The van der Waals surface area contributed by atoms with Crippen LogP contribution in [0, 0.1) is 6.92 Å². The summed E-state index contributed by atoms with van der Waals surface area (Å²) in [6, 6.07) is 45.5. The fourth-order valence-electron chi connectivity index (χ4n) is 6.53. The summed E-state index contributed by atoms with van der Waals surface area (Å²) >= 11 is 0. The summed E-state index contributed by atoms with van der Waals surface area (Å²) in [5.74, 6) is 0.911. The molecule has 0 heteroatoms. The lowest BCUT2D eigenvalue weighted by atomic mass is 9.69. The Balaban J connectivity index is 1.53. The lowest BCUT2D eigenvalue weighted by molar-refractivity contribution is 0.554. The average molecular weight is 435 g/mol. The highest BCUT2D eigenvalue weighted by Gasteiger charge is 2.43. The van der Waals surface area contributed by atoms with Gasteiger partial charge in [-0.1, -0.05) is 127 Å². The summed E-state index contributed by atoms with van der Waals surface area (Å²) in [6.07, 6.45) is 0. The molecule has 0 atom stereocenters. The average Bonchev–Trinajstić information content (AvgIpc) is 3.40. The minimum Gasteiger partial charge on any atom is -0.0619 e. The molecule has 5 aromatic rings. The molecule has 0 saturated heterocycles. The van der Waals surface area contributed by atoms with E-state index in [9.17, 15) is 0 Å². The molecule has 0 fully saturated rings. The van der Waals surface area contributed by atoms with Crippen molar-refractivity contribution in [2.24, 2.45) is 0 Å². The molecule has 0 heterocycles. The van der Waals surface area contributed by atoms with E-state index in [1.165, 1.54) is 55.6 Å². The van der Waals surface area contributed by atoms with E-state index in [4.69, 9.17) is 0 Å².